The van der Waals surface area contributed by atoms with E-state index in [0.29, 0.717) is 32.7 Å². The van der Waals surface area contributed by atoms with Gasteiger partial charge in [0.2, 0.25) is 0 Å². The van der Waals surface area contributed by atoms with Gasteiger partial charge in [-0.2, -0.15) is 0 Å². The van der Waals surface area contributed by atoms with Crippen LogP contribution >= 0.6 is 0 Å². The molecule has 128 valence electrons. The number of para-hydroxylation sites is 1. The number of aromatic nitrogens is 1. The number of pyridine rings is 1. The van der Waals surface area contributed by atoms with E-state index in [1.165, 1.54) is 0 Å². The average molecular weight is 329 g/mol. The first-order valence-corrected chi connectivity index (χ1v) is 8.40. The molecular formula is C18H23N3O3. The number of β-amino-alcohol motifs (C(OH)–C–C–N with tert-alkyl or cyclic N) is 1. The molecule has 6 heteroatoms. The normalized spacial score (nSPS) is 17.2. The molecule has 1 fully saturated rings. The van der Waals surface area contributed by atoms with Crippen molar-refractivity contribution >= 4 is 16.8 Å². The first-order valence-electron chi connectivity index (χ1n) is 8.40. The molecule has 1 aliphatic heterocycles. The maximum absolute atomic E-state index is 12.7. The second kappa shape index (κ2) is 7.15. The summed E-state index contributed by atoms with van der Waals surface area (Å²) >= 11 is 0. The van der Waals surface area contributed by atoms with E-state index in [9.17, 15) is 14.7 Å². The fraction of sp³-hybridized carbons (Fsp3) is 0.444. The van der Waals surface area contributed by atoms with Crippen LogP contribution in [0.1, 0.15) is 23.7 Å². The Morgan fingerprint density at radius 1 is 1.25 bits per heavy atom. The highest BCUT2D eigenvalue weighted by Gasteiger charge is 2.24. The van der Waals surface area contributed by atoms with Crippen molar-refractivity contribution in [2.75, 3.05) is 32.7 Å². The number of piperazine rings is 1. The number of nitrogens with one attached hydrogen (secondary N) is 1. The van der Waals surface area contributed by atoms with Crippen molar-refractivity contribution in [3.05, 3.63) is 46.2 Å². The Kier molecular flexibility index (Phi) is 4.97. The zero-order valence-electron chi connectivity index (χ0n) is 13.9. The number of benzene rings is 1. The minimum Gasteiger partial charge on any atom is -0.392 e. The van der Waals surface area contributed by atoms with E-state index in [0.717, 1.165) is 17.3 Å². The van der Waals surface area contributed by atoms with Crippen molar-refractivity contribution < 1.29 is 9.90 Å². The maximum Gasteiger partial charge on any atom is 0.261 e. The summed E-state index contributed by atoms with van der Waals surface area (Å²) in [5.41, 5.74) is 0.579. The minimum atomic E-state index is -0.345. The van der Waals surface area contributed by atoms with Gasteiger partial charge < -0.3 is 15.0 Å². The Balaban J connectivity index is 1.72. The predicted molar refractivity (Wildman–Crippen MR) is 93.2 cm³/mol. The zero-order valence-corrected chi connectivity index (χ0v) is 13.9. The predicted octanol–water partition coefficient (Wildman–Crippen LogP) is 1.06. The van der Waals surface area contributed by atoms with Crippen LogP contribution in [0.3, 0.4) is 0 Å². The third kappa shape index (κ3) is 3.49. The summed E-state index contributed by atoms with van der Waals surface area (Å²) in [6, 6.07) is 9.11. The lowest BCUT2D eigenvalue weighted by molar-refractivity contribution is 0.0522. The largest absolute Gasteiger partial charge is 0.392 e. The molecule has 1 saturated heterocycles. The van der Waals surface area contributed by atoms with Gasteiger partial charge in [-0.1, -0.05) is 25.1 Å². The number of aromatic amines is 1. The molecule has 2 aromatic rings. The van der Waals surface area contributed by atoms with E-state index >= 15 is 0 Å². The average Bonchev–Trinajstić information content (AvgIpc) is 2.61. The number of hydrogen-bond acceptors (Lipinski definition) is 4. The molecule has 1 aromatic heterocycles. The van der Waals surface area contributed by atoms with Crippen LogP contribution in [-0.4, -0.2) is 64.6 Å². The fourth-order valence-electron chi connectivity index (χ4n) is 3.04. The summed E-state index contributed by atoms with van der Waals surface area (Å²) in [5, 5.41) is 10.6. The summed E-state index contributed by atoms with van der Waals surface area (Å²) in [7, 11) is 0. The highest BCUT2D eigenvalue weighted by molar-refractivity contribution is 5.97. The smallest absolute Gasteiger partial charge is 0.261 e. The lowest BCUT2D eigenvalue weighted by Gasteiger charge is -2.35. The van der Waals surface area contributed by atoms with Crippen LogP contribution in [0.4, 0.5) is 0 Å². The van der Waals surface area contributed by atoms with Gasteiger partial charge in [-0.05, 0) is 23.9 Å². The Hall–Kier alpha value is -2.18. The van der Waals surface area contributed by atoms with E-state index in [1.807, 2.05) is 31.2 Å². The van der Waals surface area contributed by atoms with Gasteiger partial charge >= 0.3 is 0 Å². The van der Waals surface area contributed by atoms with E-state index in [-0.39, 0.29) is 23.1 Å². The molecule has 1 unspecified atom stereocenters. The van der Waals surface area contributed by atoms with Gasteiger partial charge in [0, 0.05) is 38.2 Å². The van der Waals surface area contributed by atoms with Gasteiger partial charge in [0.05, 0.1) is 6.10 Å². The van der Waals surface area contributed by atoms with Crippen LogP contribution in [0.15, 0.2) is 35.1 Å². The second-order valence-electron chi connectivity index (χ2n) is 6.25. The van der Waals surface area contributed by atoms with Crippen LogP contribution in [0.2, 0.25) is 0 Å². The van der Waals surface area contributed by atoms with Crippen LogP contribution in [0.25, 0.3) is 10.9 Å². The van der Waals surface area contributed by atoms with E-state index in [2.05, 4.69) is 9.88 Å². The van der Waals surface area contributed by atoms with Crippen molar-refractivity contribution in [1.82, 2.24) is 14.8 Å². The number of carbonyl (C=O) groups excluding carboxylic acids is 1. The first-order chi connectivity index (χ1) is 11.6. The Morgan fingerprint density at radius 3 is 2.67 bits per heavy atom. The van der Waals surface area contributed by atoms with E-state index in [1.54, 1.807) is 11.0 Å². The summed E-state index contributed by atoms with van der Waals surface area (Å²) < 4.78 is 0. The van der Waals surface area contributed by atoms with Gasteiger partial charge in [0.15, 0.2) is 0 Å². The van der Waals surface area contributed by atoms with Crippen molar-refractivity contribution in [2.45, 2.75) is 19.4 Å². The molecule has 2 heterocycles. The van der Waals surface area contributed by atoms with E-state index in [4.69, 9.17) is 0 Å². The summed E-state index contributed by atoms with van der Waals surface area (Å²) in [5.74, 6) is -0.224. The maximum atomic E-state index is 12.7. The van der Waals surface area contributed by atoms with Gasteiger partial charge in [-0.3, -0.25) is 14.5 Å². The van der Waals surface area contributed by atoms with Gasteiger partial charge in [-0.15, -0.1) is 0 Å². The van der Waals surface area contributed by atoms with Crippen molar-refractivity contribution in [3.63, 3.8) is 0 Å². The van der Waals surface area contributed by atoms with Crippen LogP contribution in [-0.2, 0) is 0 Å². The summed E-state index contributed by atoms with van der Waals surface area (Å²) in [6.45, 7) is 5.16. The number of carbonyl (C=O) groups is 1. The molecule has 3 rings (SSSR count). The molecule has 6 nitrogen and oxygen atoms in total. The van der Waals surface area contributed by atoms with Crippen molar-refractivity contribution in [1.29, 1.82) is 0 Å². The Morgan fingerprint density at radius 2 is 1.96 bits per heavy atom. The van der Waals surface area contributed by atoms with E-state index < -0.39 is 0 Å². The molecular weight excluding hydrogens is 306 g/mol. The topological polar surface area (TPSA) is 76.6 Å². The number of amides is 1. The lowest BCUT2D eigenvalue weighted by atomic mass is 10.1. The molecule has 0 bridgehead atoms. The molecule has 1 amide bonds. The number of aliphatic hydroxyl groups is 1. The van der Waals surface area contributed by atoms with Crippen LogP contribution in [0, 0.1) is 0 Å². The molecule has 24 heavy (non-hydrogen) atoms. The van der Waals surface area contributed by atoms with Crippen molar-refractivity contribution in [3.8, 4) is 0 Å². The molecule has 0 saturated carbocycles. The SMILES string of the molecule is CCC(O)CN1CCN(C(=O)c2cc3ccccc3[nH]c2=O)CC1. The third-order valence-electron chi connectivity index (χ3n) is 4.58. The Labute approximate surface area is 140 Å². The highest BCUT2D eigenvalue weighted by Crippen LogP contribution is 2.13. The second-order valence-corrected chi connectivity index (χ2v) is 6.25. The minimum absolute atomic E-state index is 0.191. The first kappa shape index (κ1) is 16.7. The van der Waals surface area contributed by atoms with Gasteiger partial charge in [-0.25, -0.2) is 0 Å². The quantitative estimate of drug-likeness (QED) is 0.879. The molecule has 2 N–H and O–H groups in total. The number of nitrogens with zero attached hydrogens (tertiary/aromatic N) is 2. The molecule has 1 aliphatic rings. The summed E-state index contributed by atoms with van der Waals surface area (Å²) in [6.07, 6.45) is 0.404. The summed E-state index contributed by atoms with van der Waals surface area (Å²) in [4.78, 5) is 31.6. The number of hydrogen-bond donors (Lipinski definition) is 2. The highest BCUT2D eigenvalue weighted by atomic mass is 16.3. The lowest BCUT2D eigenvalue weighted by Crippen LogP contribution is -2.51. The number of aliphatic hydroxyl groups excluding tert-OH is 1. The molecule has 1 aromatic carbocycles. The molecule has 0 spiro atoms. The molecule has 1 atom stereocenters. The van der Waals surface area contributed by atoms with Crippen molar-refractivity contribution in [2.24, 2.45) is 0 Å². The molecule has 0 radical (unpaired) electrons. The van der Waals surface area contributed by atoms with Gasteiger partial charge in [0.25, 0.3) is 11.5 Å². The zero-order chi connectivity index (χ0) is 17.1. The number of rotatable bonds is 4. The number of fused-ring (bicyclic) bond motifs is 1. The fourth-order valence-corrected chi connectivity index (χ4v) is 3.04. The van der Waals surface area contributed by atoms with Crippen LogP contribution in [0.5, 0.6) is 0 Å². The third-order valence-corrected chi connectivity index (χ3v) is 4.58. The molecule has 0 aliphatic carbocycles. The van der Waals surface area contributed by atoms with Gasteiger partial charge in [0.1, 0.15) is 5.56 Å². The monoisotopic (exact) mass is 329 g/mol. The number of H-pyrrole nitrogens is 1. The standard InChI is InChI=1S/C18H23N3O3/c1-2-14(22)12-20-7-9-21(10-8-20)18(24)15-11-13-5-3-4-6-16(13)19-17(15)23/h3-6,11,14,22H,2,7-10,12H2,1H3,(H,19,23). The Bertz CT molecular complexity index is 778. The van der Waals surface area contributed by atoms with Crippen LogP contribution < -0.4 is 5.56 Å².